The van der Waals surface area contributed by atoms with Crippen molar-refractivity contribution in [3.8, 4) is 0 Å². The monoisotopic (exact) mass is 477 g/mol. The van der Waals surface area contributed by atoms with Gasteiger partial charge in [0.1, 0.15) is 5.69 Å². The maximum atomic E-state index is 13.5. The van der Waals surface area contributed by atoms with Gasteiger partial charge >= 0.3 is 5.97 Å². The van der Waals surface area contributed by atoms with Crippen LogP contribution in [0.5, 0.6) is 0 Å². The summed E-state index contributed by atoms with van der Waals surface area (Å²) in [6.07, 6.45) is 2.84. The van der Waals surface area contributed by atoms with Crippen LogP contribution in [0.1, 0.15) is 32.0 Å². The largest absolute Gasteiger partial charge is 0.478 e. The number of Topliss-reactive ketones (excluding diaryl/α,β-unsaturated/α-hetero) is 1. The van der Waals surface area contributed by atoms with Crippen LogP contribution < -0.4 is 5.32 Å². The first kappa shape index (κ1) is 23.2. The normalized spacial score (nSPS) is 17.4. The zero-order valence-corrected chi connectivity index (χ0v) is 18.6. The predicted molar refractivity (Wildman–Crippen MR) is 125 cm³/mol. The second kappa shape index (κ2) is 9.46. The molecule has 0 bridgehead atoms. The maximum absolute atomic E-state index is 13.5. The lowest BCUT2D eigenvalue weighted by Gasteiger charge is -2.34. The molecule has 3 N–H and O–H groups in total. The van der Waals surface area contributed by atoms with Crippen LogP contribution in [-0.2, 0) is 10.5 Å². The van der Waals surface area contributed by atoms with Crippen LogP contribution in [-0.4, -0.2) is 50.8 Å². The summed E-state index contributed by atoms with van der Waals surface area (Å²) in [6.45, 7) is 0.0679. The van der Waals surface area contributed by atoms with Crippen molar-refractivity contribution in [2.75, 3.05) is 13.1 Å². The Kier molecular flexibility index (Phi) is 6.45. The molecule has 0 radical (unpaired) electrons. The highest BCUT2D eigenvalue weighted by atomic mass is 35.5. The van der Waals surface area contributed by atoms with E-state index in [1.165, 1.54) is 41.6 Å². The van der Waals surface area contributed by atoms with Gasteiger partial charge in [0.25, 0.3) is 5.91 Å². The number of halogens is 1. The van der Waals surface area contributed by atoms with Gasteiger partial charge in [0.2, 0.25) is 11.5 Å². The lowest BCUT2D eigenvalue weighted by atomic mass is 9.90. The second-order valence-electron chi connectivity index (χ2n) is 7.57. The van der Waals surface area contributed by atoms with Gasteiger partial charge in [-0.2, -0.15) is 0 Å². The summed E-state index contributed by atoms with van der Waals surface area (Å²) in [5.74, 6) is -2.38. The van der Waals surface area contributed by atoms with E-state index in [4.69, 9.17) is 11.6 Å². The molecule has 0 aliphatic carbocycles. The number of aliphatic hydroxyl groups is 1. The first-order chi connectivity index (χ1) is 16.3. The van der Waals surface area contributed by atoms with Crippen LogP contribution in [0.4, 0.5) is 0 Å². The number of hydrogen-bond donors (Lipinski definition) is 3. The van der Waals surface area contributed by atoms with Crippen LogP contribution in [0, 0.1) is 0 Å². The second-order valence-corrected chi connectivity index (χ2v) is 8.01. The van der Waals surface area contributed by atoms with Crippen LogP contribution in [0.25, 0.3) is 5.57 Å². The Morgan fingerprint density at radius 2 is 1.74 bits per heavy atom. The lowest BCUT2D eigenvalue weighted by Crippen LogP contribution is -2.49. The van der Waals surface area contributed by atoms with Crippen molar-refractivity contribution >= 4 is 34.8 Å². The minimum Gasteiger partial charge on any atom is -0.478 e. The van der Waals surface area contributed by atoms with Gasteiger partial charge in [0.15, 0.2) is 0 Å². The summed E-state index contributed by atoms with van der Waals surface area (Å²) >= 11 is 5.80. The zero-order chi connectivity index (χ0) is 24.3. The molecule has 3 aromatic rings. The summed E-state index contributed by atoms with van der Waals surface area (Å²) in [6, 6.07) is 17.6. The average molecular weight is 478 g/mol. The Bertz CT molecular complexity index is 1280. The lowest BCUT2D eigenvalue weighted by molar-refractivity contribution is -0.147. The maximum Gasteiger partial charge on any atom is 0.336 e. The van der Waals surface area contributed by atoms with Crippen molar-refractivity contribution < 1.29 is 24.6 Å². The number of hydrogen-bond acceptors (Lipinski definition) is 6. The third-order valence-electron chi connectivity index (χ3n) is 5.48. The summed E-state index contributed by atoms with van der Waals surface area (Å²) < 4.78 is 0. The highest BCUT2D eigenvalue weighted by molar-refractivity contribution is 6.30. The van der Waals surface area contributed by atoms with Gasteiger partial charge in [-0.3, -0.25) is 9.59 Å². The summed E-state index contributed by atoms with van der Waals surface area (Å²) in [7, 11) is 0. The number of carboxylic acid groups (broad SMARTS) is 1. The van der Waals surface area contributed by atoms with Crippen LogP contribution in [0.2, 0.25) is 5.02 Å². The van der Waals surface area contributed by atoms with Gasteiger partial charge in [-0.25, -0.2) is 9.78 Å². The Hall–Kier alpha value is -4.01. The molecule has 0 spiro atoms. The fourth-order valence-electron chi connectivity index (χ4n) is 3.82. The standard InChI is InChI=1S/C25H20ClN3O5/c26-17-10-11-21(28-14-17)23(31)27-12-13-29-15-19(16-6-2-1-3-7-16)22(30)25(29,34)20-9-5-4-8-18(20)24(32)33/h1-11,14-15,34H,12-13H2,(H,27,31)(H,32,33). The van der Waals surface area contributed by atoms with E-state index in [1.807, 2.05) is 0 Å². The van der Waals surface area contributed by atoms with Crippen molar-refractivity contribution in [3.05, 3.63) is 107 Å². The molecule has 34 heavy (non-hydrogen) atoms. The van der Waals surface area contributed by atoms with Gasteiger partial charge < -0.3 is 20.4 Å². The van der Waals surface area contributed by atoms with E-state index in [0.717, 1.165) is 0 Å². The van der Waals surface area contributed by atoms with E-state index in [9.17, 15) is 24.6 Å². The first-order valence-corrected chi connectivity index (χ1v) is 10.7. The minimum atomic E-state index is -2.26. The number of carbonyl (C=O) groups excluding carboxylic acids is 2. The van der Waals surface area contributed by atoms with E-state index >= 15 is 0 Å². The minimum absolute atomic E-state index is 0.0197. The number of nitrogens with zero attached hydrogens (tertiary/aromatic N) is 2. The van der Waals surface area contributed by atoms with Crippen LogP contribution in [0.3, 0.4) is 0 Å². The molecule has 172 valence electrons. The highest BCUT2D eigenvalue weighted by Gasteiger charge is 2.50. The van der Waals surface area contributed by atoms with E-state index in [1.54, 1.807) is 42.5 Å². The number of ketones is 1. The number of rotatable bonds is 7. The number of carboxylic acids is 1. The number of benzene rings is 2. The molecule has 2 heterocycles. The van der Waals surface area contributed by atoms with Gasteiger partial charge in [-0.05, 0) is 23.8 Å². The number of aromatic carboxylic acids is 1. The summed E-state index contributed by atoms with van der Waals surface area (Å²) in [4.78, 5) is 43.0. The third-order valence-corrected chi connectivity index (χ3v) is 5.70. The van der Waals surface area contributed by atoms with E-state index in [0.29, 0.717) is 10.6 Å². The molecule has 1 aromatic heterocycles. The van der Waals surface area contributed by atoms with Gasteiger partial charge in [-0.1, -0.05) is 60.1 Å². The van der Waals surface area contributed by atoms with E-state index in [-0.39, 0.29) is 35.5 Å². The molecule has 1 aliphatic heterocycles. The van der Waals surface area contributed by atoms with Crippen LogP contribution >= 0.6 is 11.6 Å². The molecule has 1 unspecified atom stereocenters. The molecule has 4 rings (SSSR count). The molecule has 0 saturated heterocycles. The molecule has 1 amide bonds. The summed E-state index contributed by atoms with van der Waals surface area (Å²) in [5, 5.41) is 24.4. The number of pyridine rings is 1. The third kappa shape index (κ3) is 4.28. The number of carbonyl (C=O) groups is 3. The van der Waals surface area contributed by atoms with Crippen molar-refractivity contribution in [2.45, 2.75) is 5.72 Å². The fraction of sp³-hybridized carbons (Fsp3) is 0.120. The molecule has 9 heteroatoms. The molecular formula is C25H20ClN3O5. The van der Waals surface area contributed by atoms with Gasteiger partial charge in [0, 0.05) is 36.6 Å². The van der Waals surface area contributed by atoms with Gasteiger partial charge in [-0.15, -0.1) is 0 Å². The predicted octanol–water partition coefficient (Wildman–Crippen LogP) is 2.93. The van der Waals surface area contributed by atoms with Crippen molar-refractivity contribution in [3.63, 3.8) is 0 Å². The number of aromatic nitrogens is 1. The first-order valence-electron chi connectivity index (χ1n) is 10.4. The molecular weight excluding hydrogens is 458 g/mol. The fourth-order valence-corrected chi connectivity index (χ4v) is 3.93. The molecule has 0 saturated carbocycles. The quantitative estimate of drug-likeness (QED) is 0.478. The molecule has 8 nitrogen and oxygen atoms in total. The van der Waals surface area contributed by atoms with Gasteiger partial charge in [0.05, 0.1) is 10.6 Å². The molecule has 1 atom stereocenters. The Labute approximate surface area is 200 Å². The topological polar surface area (TPSA) is 120 Å². The van der Waals surface area contributed by atoms with E-state index in [2.05, 4.69) is 10.3 Å². The average Bonchev–Trinajstić information content (AvgIpc) is 3.11. The Morgan fingerprint density at radius 1 is 1.03 bits per heavy atom. The van der Waals surface area contributed by atoms with E-state index < -0.39 is 23.4 Å². The zero-order valence-electron chi connectivity index (χ0n) is 17.8. The summed E-state index contributed by atoms with van der Waals surface area (Å²) in [5.41, 5.74) is -1.54. The number of nitrogens with one attached hydrogen (secondary N) is 1. The molecule has 2 aromatic carbocycles. The van der Waals surface area contributed by atoms with Crippen molar-refractivity contribution in [1.29, 1.82) is 0 Å². The highest BCUT2D eigenvalue weighted by Crippen LogP contribution is 2.40. The number of amides is 1. The molecule has 0 fully saturated rings. The smallest absolute Gasteiger partial charge is 0.336 e. The van der Waals surface area contributed by atoms with Crippen LogP contribution in [0.15, 0.2) is 79.1 Å². The Balaban J connectivity index is 1.64. The molecule has 1 aliphatic rings. The Morgan fingerprint density at radius 3 is 2.41 bits per heavy atom. The van der Waals surface area contributed by atoms with Crippen molar-refractivity contribution in [1.82, 2.24) is 15.2 Å². The van der Waals surface area contributed by atoms with Crippen molar-refractivity contribution in [2.24, 2.45) is 0 Å². The SMILES string of the molecule is O=C(NCCN1C=C(c2ccccc2)C(=O)C1(O)c1ccccc1C(=O)O)c1ccc(Cl)cn1.